The largest absolute Gasteiger partial charge is 0.272 e. The zero-order chi connectivity index (χ0) is 17.9. The van der Waals surface area contributed by atoms with Crippen molar-refractivity contribution in [1.29, 1.82) is 0 Å². The van der Waals surface area contributed by atoms with Crippen LogP contribution in [0.4, 0.5) is 0 Å². The molecule has 132 valence electrons. The predicted octanol–water partition coefficient (Wildman–Crippen LogP) is 3.76. The fraction of sp³-hybridized carbons (Fsp3) is 0.500. The number of sulfonamides is 1. The van der Waals surface area contributed by atoms with E-state index < -0.39 is 10.0 Å². The first-order valence-electron chi connectivity index (χ1n) is 8.44. The van der Waals surface area contributed by atoms with Crippen LogP contribution in [0.25, 0.3) is 0 Å². The molecular formula is C18H27N3O2S. The Hall–Kier alpha value is -1.66. The van der Waals surface area contributed by atoms with Gasteiger partial charge in [0.15, 0.2) is 0 Å². The number of nitrogens with zero attached hydrogens (tertiary/aromatic N) is 2. The van der Waals surface area contributed by atoms with E-state index in [1.807, 2.05) is 43.8 Å². The maximum Gasteiger partial charge on any atom is 0.241 e. The van der Waals surface area contributed by atoms with Gasteiger partial charge in [0.25, 0.3) is 0 Å². The third-order valence-electron chi connectivity index (χ3n) is 4.48. The molecule has 24 heavy (non-hydrogen) atoms. The van der Waals surface area contributed by atoms with Crippen molar-refractivity contribution in [3.63, 3.8) is 0 Å². The summed E-state index contributed by atoms with van der Waals surface area (Å²) in [7, 11) is -3.56. The summed E-state index contributed by atoms with van der Waals surface area (Å²) in [5.74, 6) is 0.427. The van der Waals surface area contributed by atoms with Gasteiger partial charge in [0, 0.05) is 24.3 Å². The van der Waals surface area contributed by atoms with E-state index in [0.717, 1.165) is 29.8 Å². The highest BCUT2D eigenvalue weighted by Gasteiger charge is 2.21. The molecule has 1 aromatic carbocycles. The molecule has 0 radical (unpaired) electrons. The van der Waals surface area contributed by atoms with Gasteiger partial charge in [-0.2, -0.15) is 5.10 Å². The Kier molecular flexibility index (Phi) is 5.83. The highest BCUT2D eigenvalue weighted by atomic mass is 32.2. The molecule has 1 N–H and O–H groups in total. The smallest absolute Gasteiger partial charge is 0.241 e. The van der Waals surface area contributed by atoms with Crippen LogP contribution in [0, 0.1) is 6.92 Å². The average Bonchev–Trinajstić information content (AvgIpc) is 2.95. The van der Waals surface area contributed by atoms with Crippen LogP contribution in [0.2, 0.25) is 0 Å². The fourth-order valence-electron chi connectivity index (χ4n) is 2.70. The molecule has 2 rings (SSSR count). The summed E-state index contributed by atoms with van der Waals surface area (Å²) in [6.07, 6.45) is 2.93. The second-order valence-electron chi connectivity index (χ2n) is 6.25. The number of benzene rings is 1. The molecule has 1 heterocycles. The van der Waals surface area contributed by atoms with Crippen molar-refractivity contribution in [3.05, 3.63) is 47.3 Å². The van der Waals surface area contributed by atoms with E-state index >= 15 is 0 Å². The van der Waals surface area contributed by atoms with E-state index in [1.165, 1.54) is 0 Å². The molecule has 0 aliphatic rings. The normalized spacial score (nSPS) is 14.5. The first-order chi connectivity index (χ1) is 11.3. The average molecular weight is 350 g/mol. The molecule has 0 aliphatic heterocycles. The Morgan fingerprint density at radius 2 is 1.79 bits per heavy atom. The number of aryl methyl sites for hydroxylation is 2. The predicted molar refractivity (Wildman–Crippen MR) is 96.5 cm³/mol. The van der Waals surface area contributed by atoms with Gasteiger partial charge in [0.05, 0.1) is 10.6 Å². The van der Waals surface area contributed by atoms with Crippen molar-refractivity contribution >= 4 is 10.0 Å². The molecule has 0 saturated carbocycles. The van der Waals surface area contributed by atoms with E-state index in [9.17, 15) is 8.42 Å². The van der Waals surface area contributed by atoms with Gasteiger partial charge >= 0.3 is 0 Å². The Balaban J connectivity index is 2.19. The second kappa shape index (κ2) is 7.49. The van der Waals surface area contributed by atoms with Gasteiger partial charge < -0.3 is 0 Å². The van der Waals surface area contributed by atoms with Crippen molar-refractivity contribution in [2.24, 2.45) is 0 Å². The van der Waals surface area contributed by atoms with Crippen LogP contribution in [-0.4, -0.2) is 18.2 Å². The van der Waals surface area contributed by atoms with Gasteiger partial charge in [0.1, 0.15) is 0 Å². The summed E-state index contributed by atoms with van der Waals surface area (Å²) in [6.45, 7) is 10.8. The van der Waals surface area contributed by atoms with Gasteiger partial charge in [-0.1, -0.05) is 26.0 Å². The van der Waals surface area contributed by atoms with Gasteiger partial charge in [-0.15, -0.1) is 0 Å². The molecule has 0 amide bonds. The van der Waals surface area contributed by atoms with Crippen LogP contribution in [0.1, 0.15) is 62.9 Å². The van der Waals surface area contributed by atoms with Crippen molar-refractivity contribution in [1.82, 2.24) is 14.5 Å². The first-order valence-corrected chi connectivity index (χ1v) is 9.93. The fourth-order valence-corrected chi connectivity index (χ4v) is 3.92. The first kappa shape index (κ1) is 18.7. The SMILES string of the molecule is CCC(C)c1ccc(S(=O)(=O)NC(C)c2cn(CC)nc2C)cc1. The maximum atomic E-state index is 12.6. The monoisotopic (exact) mass is 349 g/mol. The van der Waals surface area contributed by atoms with E-state index in [4.69, 9.17) is 0 Å². The summed E-state index contributed by atoms with van der Waals surface area (Å²) >= 11 is 0. The van der Waals surface area contributed by atoms with Crippen LogP contribution >= 0.6 is 0 Å². The number of hydrogen-bond acceptors (Lipinski definition) is 3. The van der Waals surface area contributed by atoms with E-state index in [0.29, 0.717) is 10.8 Å². The van der Waals surface area contributed by atoms with Crippen LogP contribution in [0.5, 0.6) is 0 Å². The molecule has 0 bridgehead atoms. The zero-order valence-electron chi connectivity index (χ0n) is 15.1. The van der Waals surface area contributed by atoms with Crippen molar-refractivity contribution in [2.45, 2.75) is 64.4 Å². The van der Waals surface area contributed by atoms with Gasteiger partial charge in [0.2, 0.25) is 10.0 Å². The van der Waals surface area contributed by atoms with Gasteiger partial charge in [-0.05, 0) is 50.8 Å². The molecule has 1 aromatic heterocycles. The van der Waals surface area contributed by atoms with Crippen LogP contribution < -0.4 is 4.72 Å². The van der Waals surface area contributed by atoms with E-state index in [-0.39, 0.29) is 6.04 Å². The highest BCUT2D eigenvalue weighted by Crippen LogP contribution is 2.22. The van der Waals surface area contributed by atoms with Gasteiger partial charge in [-0.3, -0.25) is 4.68 Å². The summed E-state index contributed by atoms with van der Waals surface area (Å²) in [5, 5.41) is 4.38. The van der Waals surface area contributed by atoms with Crippen molar-refractivity contribution in [2.75, 3.05) is 0 Å². The lowest BCUT2D eigenvalue weighted by Crippen LogP contribution is -2.27. The van der Waals surface area contributed by atoms with Crippen LogP contribution in [-0.2, 0) is 16.6 Å². The minimum absolute atomic E-state index is 0.293. The summed E-state index contributed by atoms with van der Waals surface area (Å²) in [4.78, 5) is 0.293. The lowest BCUT2D eigenvalue weighted by molar-refractivity contribution is 0.566. The lowest BCUT2D eigenvalue weighted by atomic mass is 9.99. The Labute approximate surface area is 145 Å². The number of aromatic nitrogens is 2. The molecule has 2 unspecified atom stereocenters. The molecular weight excluding hydrogens is 322 g/mol. The molecule has 0 fully saturated rings. The molecule has 6 heteroatoms. The van der Waals surface area contributed by atoms with E-state index in [2.05, 4.69) is 23.7 Å². The number of rotatable bonds is 7. The molecule has 2 aromatic rings. The molecule has 5 nitrogen and oxygen atoms in total. The minimum atomic E-state index is -3.56. The summed E-state index contributed by atoms with van der Waals surface area (Å²) in [5.41, 5.74) is 2.90. The van der Waals surface area contributed by atoms with Crippen LogP contribution in [0.15, 0.2) is 35.4 Å². The maximum absolute atomic E-state index is 12.6. The number of hydrogen-bond donors (Lipinski definition) is 1. The van der Waals surface area contributed by atoms with Gasteiger partial charge in [-0.25, -0.2) is 13.1 Å². The zero-order valence-corrected chi connectivity index (χ0v) is 15.9. The topological polar surface area (TPSA) is 64.0 Å². The molecule has 0 saturated heterocycles. The lowest BCUT2D eigenvalue weighted by Gasteiger charge is -2.15. The highest BCUT2D eigenvalue weighted by molar-refractivity contribution is 7.89. The second-order valence-corrected chi connectivity index (χ2v) is 7.96. The molecule has 0 aliphatic carbocycles. The van der Waals surface area contributed by atoms with Crippen LogP contribution in [0.3, 0.4) is 0 Å². The number of nitrogens with one attached hydrogen (secondary N) is 1. The minimum Gasteiger partial charge on any atom is -0.272 e. The Bertz CT molecular complexity index is 779. The Morgan fingerprint density at radius 1 is 1.17 bits per heavy atom. The van der Waals surface area contributed by atoms with Crippen molar-refractivity contribution in [3.8, 4) is 0 Å². The standard InChI is InChI=1S/C18H27N3O2S/c1-6-13(3)16-8-10-17(11-9-16)24(22,23)20-15(5)18-12-21(7-2)19-14(18)4/h8-13,15,20H,6-7H2,1-5H3. The van der Waals surface area contributed by atoms with Crippen molar-refractivity contribution < 1.29 is 8.42 Å². The van der Waals surface area contributed by atoms with E-state index in [1.54, 1.807) is 12.1 Å². The molecule has 2 atom stereocenters. The Morgan fingerprint density at radius 3 is 2.29 bits per heavy atom. The third-order valence-corrected chi connectivity index (χ3v) is 6.04. The quantitative estimate of drug-likeness (QED) is 0.827. The summed E-state index contributed by atoms with van der Waals surface area (Å²) in [6, 6.07) is 6.82. The molecule has 0 spiro atoms. The third kappa shape index (κ3) is 4.05. The summed E-state index contributed by atoms with van der Waals surface area (Å²) < 4.78 is 29.8.